The Bertz CT molecular complexity index is 2760. The number of aromatic nitrogens is 4. The van der Waals surface area contributed by atoms with E-state index >= 15 is 0 Å². The lowest BCUT2D eigenvalue weighted by Gasteiger charge is -2.39. The number of rotatable bonds is 17. The van der Waals surface area contributed by atoms with Gasteiger partial charge in [-0.15, -0.1) is 0 Å². The van der Waals surface area contributed by atoms with Crippen molar-refractivity contribution in [1.82, 2.24) is 19.1 Å². The van der Waals surface area contributed by atoms with E-state index in [2.05, 4.69) is 43.8 Å². The lowest BCUT2D eigenvalue weighted by molar-refractivity contribution is -0.0936. The molecule has 3 N–H and O–H groups in total. The van der Waals surface area contributed by atoms with Crippen LogP contribution in [-0.2, 0) is 45.1 Å². The van der Waals surface area contributed by atoms with Gasteiger partial charge in [-0.05, 0) is 84.7 Å². The van der Waals surface area contributed by atoms with E-state index in [-0.39, 0.29) is 36.7 Å². The highest BCUT2D eigenvalue weighted by Crippen LogP contribution is 2.51. The Morgan fingerprint density at radius 1 is 0.716 bits per heavy atom. The van der Waals surface area contributed by atoms with Gasteiger partial charge in [0.25, 0.3) is 11.1 Å². The number of aryl methyl sites for hydroxylation is 2. The SMILES string of the molecule is COc1ccc(C(OC[C@H]2O[C@@H](n3cc(C)c(=O)[nH]c3=O)C[C@@H]2OP(O)(=S)OC[C@H]2O[C@@H](n3cc(C)c(=O)[nH]c3=O)C[C@@H]2O[Si](C)(C)C(C)(C)C)(c2ccccc2)c2ccc(OC)cc2)cc1. The van der Waals surface area contributed by atoms with Crippen LogP contribution in [0.4, 0.5) is 0 Å². The summed E-state index contributed by atoms with van der Waals surface area (Å²) < 4.78 is 53.1. The minimum Gasteiger partial charge on any atom is -0.497 e. The van der Waals surface area contributed by atoms with Gasteiger partial charge in [-0.2, -0.15) is 0 Å². The van der Waals surface area contributed by atoms with Crippen LogP contribution in [0.1, 0.15) is 73.9 Å². The summed E-state index contributed by atoms with van der Waals surface area (Å²) in [7, 11) is 0.745. The van der Waals surface area contributed by atoms with Gasteiger partial charge in [0.2, 0.25) is 0 Å². The Labute approximate surface area is 394 Å². The third kappa shape index (κ3) is 10.9. The summed E-state index contributed by atoms with van der Waals surface area (Å²) in [6.07, 6.45) is -2.09. The fourth-order valence-corrected chi connectivity index (χ4v) is 10.9. The smallest absolute Gasteiger partial charge is 0.330 e. The second-order valence-electron chi connectivity index (χ2n) is 18.3. The third-order valence-corrected chi connectivity index (χ3v) is 18.9. The van der Waals surface area contributed by atoms with E-state index in [1.165, 1.54) is 21.5 Å². The monoisotopic (exact) mass is 978 g/mol. The molecule has 0 aliphatic carbocycles. The first kappa shape index (κ1) is 50.1. The molecule has 20 heteroatoms. The van der Waals surface area contributed by atoms with Crippen LogP contribution in [-0.4, -0.2) is 84.2 Å². The Balaban J connectivity index is 1.21. The lowest BCUT2D eigenvalue weighted by atomic mass is 9.80. The molecule has 2 fully saturated rings. The number of hydrogen-bond acceptors (Lipinski definition) is 13. The van der Waals surface area contributed by atoms with E-state index < -0.39 is 80.0 Å². The minimum absolute atomic E-state index is 0.00127. The van der Waals surface area contributed by atoms with Crippen LogP contribution in [0, 0.1) is 13.8 Å². The lowest BCUT2D eigenvalue weighted by Crippen LogP contribution is -2.46. The summed E-state index contributed by atoms with van der Waals surface area (Å²) in [5.74, 6) is 1.28. The average Bonchev–Trinajstić information content (AvgIpc) is 3.88. The van der Waals surface area contributed by atoms with Crippen molar-refractivity contribution < 1.29 is 42.1 Å². The molecule has 17 nitrogen and oxygen atoms in total. The maximum Gasteiger partial charge on any atom is 0.330 e. The van der Waals surface area contributed by atoms with Crippen molar-refractivity contribution in [3.8, 4) is 11.5 Å². The molecule has 5 aromatic rings. The largest absolute Gasteiger partial charge is 0.497 e. The number of nitrogens with zero attached hydrogens (tertiary/aromatic N) is 2. The molecule has 3 aromatic carbocycles. The second-order valence-corrected chi connectivity index (χ2v) is 25.9. The van der Waals surface area contributed by atoms with Gasteiger partial charge in [0.05, 0.1) is 39.6 Å². The molecule has 0 spiro atoms. The number of benzene rings is 3. The molecule has 1 unspecified atom stereocenters. The average molecular weight is 979 g/mol. The molecule has 2 aromatic heterocycles. The topological polar surface area (TPSA) is 204 Å². The van der Waals surface area contributed by atoms with Crippen LogP contribution in [0.2, 0.25) is 18.1 Å². The van der Waals surface area contributed by atoms with Gasteiger partial charge in [-0.25, -0.2) is 9.59 Å². The molecule has 360 valence electrons. The molecule has 7 atom stereocenters. The highest BCUT2D eigenvalue weighted by molar-refractivity contribution is 8.07. The molecule has 4 heterocycles. The summed E-state index contributed by atoms with van der Waals surface area (Å²) in [4.78, 5) is 67.5. The van der Waals surface area contributed by atoms with E-state index in [0.717, 1.165) is 16.7 Å². The van der Waals surface area contributed by atoms with E-state index in [0.29, 0.717) is 17.1 Å². The number of ether oxygens (including phenoxy) is 5. The number of nitrogens with one attached hydrogen (secondary N) is 2. The molecule has 2 aliphatic rings. The van der Waals surface area contributed by atoms with Crippen molar-refractivity contribution in [2.75, 3.05) is 27.4 Å². The maximum absolute atomic E-state index is 13.3. The quantitative estimate of drug-likeness (QED) is 0.0531. The van der Waals surface area contributed by atoms with Gasteiger partial charge >= 0.3 is 18.1 Å². The van der Waals surface area contributed by atoms with Gasteiger partial charge in [0.1, 0.15) is 41.8 Å². The van der Waals surface area contributed by atoms with E-state index in [1.807, 2.05) is 78.9 Å². The zero-order chi connectivity index (χ0) is 48.5. The minimum atomic E-state index is -4.18. The molecule has 67 heavy (non-hydrogen) atoms. The molecule has 2 saturated heterocycles. The van der Waals surface area contributed by atoms with Gasteiger partial charge in [0, 0.05) is 36.4 Å². The third-order valence-electron chi connectivity index (χ3n) is 12.8. The predicted molar refractivity (Wildman–Crippen MR) is 257 cm³/mol. The van der Waals surface area contributed by atoms with Crippen LogP contribution < -0.4 is 32.0 Å². The normalized spacial score (nSPS) is 22.1. The number of hydrogen-bond donors (Lipinski definition) is 3. The Morgan fingerprint density at radius 3 is 1.63 bits per heavy atom. The first-order valence-electron chi connectivity index (χ1n) is 21.9. The molecule has 0 bridgehead atoms. The van der Waals surface area contributed by atoms with Crippen LogP contribution in [0.3, 0.4) is 0 Å². The molecule has 0 radical (unpaired) electrons. The molecule has 2 aliphatic heterocycles. The Hall–Kier alpha value is -4.79. The van der Waals surface area contributed by atoms with Crippen LogP contribution in [0.15, 0.2) is 110 Å². The van der Waals surface area contributed by atoms with E-state index in [4.69, 9.17) is 49.0 Å². The van der Waals surface area contributed by atoms with Crippen LogP contribution in [0.25, 0.3) is 0 Å². The molecular weight excluding hydrogens is 920 g/mol. The predicted octanol–water partition coefficient (Wildman–Crippen LogP) is 6.31. The summed E-state index contributed by atoms with van der Waals surface area (Å²) >= 11 is 5.71. The standard InChI is InChI=1S/C47H59N4O13PSSi/c1-29-25-50(44(54)48-42(29)52)40-23-36(63-65(56,66)60-28-39-37(64-67(8,9)46(3,4)5)24-41(62-39)51-26-30(2)43(53)49-45(51)55)38(61-40)27-59-47(31-13-11-10-12-14-31,32-15-19-34(57-6)20-16-32)33-17-21-35(58-7)22-18-33/h10-22,25-26,36-41H,23-24,27-28H2,1-9H3,(H,56,66)(H,48,52,54)(H,49,53,55)/t36-,37-,38+,39+,40+,41+,65?/m0/s1. The summed E-state index contributed by atoms with van der Waals surface area (Å²) in [5.41, 5.74) is -0.750. The first-order chi connectivity index (χ1) is 31.6. The van der Waals surface area contributed by atoms with E-state index in [1.54, 1.807) is 28.1 Å². The van der Waals surface area contributed by atoms with Gasteiger partial charge < -0.3 is 42.1 Å². The molecule has 0 saturated carbocycles. The van der Waals surface area contributed by atoms with Gasteiger partial charge in [-0.1, -0.05) is 75.4 Å². The first-order valence-corrected chi connectivity index (χ1v) is 27.4. The highest BCUT2D eigenvalue weighted by Gasteiger charge is 2.48. The number of methoxy groups -OCH3 is 2. The summed E-state index contributed by atoms with van der Waals surface area (Å²) in [6, 6.07) is 24.7. The van der Waals surface area contributed by atoms with Crippen molar-refractivity contribution >= 4 is 26.8 Å². The van der Waals surface area contributed by atoms with Gasteiger partial charge in [0.15, 0.2) is 8.32 Å². The number of H-pyrrole nitrogens is 2. The Morgan fingerprint density at radius 2 is 1.16 bits per heavy atom. The maximum atomic E-state index is 13.3. The van der Waals surface area contributed by atoms with Crippen LogP contribution >= 0.6 is 6.72 Å². The zero-order valence-corrected chi connectivity index (χ0v) is 41.8. The zero-order valence-electron chi connectivity index (χ0n) is 39.0. The Kier molecular flexibility index (Phi) is 15.0. The van der Waals surface area contributed by atoms with Crippen molar-refractivity contribution in [2.45, 2.75) is 108 Å². The fourth-order valence-electron chi connectivity index (χ4n) is 8.08. The summed E-state index contributed by atoms with van der Waals surface area (Å²) in [6.45, 7) is 9.06. The van der Waals surface area contributed by atoms with Crippen molar-refractivity contribution in [1.29, 1.82) is 0 Å². The fraction of sp³-hybridized carbons (Fsp3) is 0.447. The second kappa shape index (κ2) is 20.0. The van der Waals surface area contributed by atoms with Crippen molar-refractivity contribution in [3.63, 3.8) is 0 Å². The van der Waals surface area contributed by atoms with Gasteiger partial charge in [-0.3, -0.25) is 28.7 Å². The molecule has 7 rings (SSSR count). The van der Waals surface area contributed by atoms with E-state index in [9.17, 15) is 24.1 Å². The summed E-state index contributed by atoms with van der Waals surface area (Å²) in [5, 5.41) is -0.183. The van der Waals surface area contributed by atoms with Crippen molar-refractivity contribution in [3.05, 3.63) is 161 Å². The molecular formula is C47H59N4O13PSSi. The van der Waals surface area contributed by atoms with Crippen molar-refractivity contribution in [2.24, 2.45) is 0 Å². The van der Waals surface area contributed by atoms with Crippen LogP contribution in [0.5, 0.6) is 11.5 Å². The number of aromatic amines is 2. The highest BCUT2D eigenvalue weighted by atomic mass is 32.5. The molecule has 0 amide bonds.